The molecule has 0 fully saturated rings. The summed E-state index contributed by atoms with van der Waals surface area (Å²) in [6, 6.07) is 4.75. The van der Waals surface area contributed by atoms with Gasteiger partial charge in [-0.05, 0) is 42.1 Å². The summed E-state index contributed by atoms with van der Waals surface area (Å²) in [6.07, 6.45) is 2.62. The number of hydrogen-bond donors (Lipinski definition) is 2. The van der Waals surface area contributed by atoms with Crippen LogP contribution in [0.15, 0.2) is 29.7 Å². The van der Waals surface area contributed by atoms with E-state index in [0.29, 0.717) is 33.7 Å². The van der Waals surface area contributed by atoms with E-state index in [9.17, 15) is 14.4 Å². The number of nitrogens with one attached hydrogen (secondary N) is 1. The van der Waals surface area contributed by atoms with Gasteiger partial charge in [-0.2, -0.15) is 0 Å². The molecule has 0 atom stereocenters. The third-order valence-corrected chi connectivity index (χ3v) is 4.59. The van der Waals surface area contributed by atoms with E-state index < -0.39 is 24.4 Å². The number of thiophene rings is 1. The molecule has 0 radical (unpaired) electrons. The molecule has 0 aliphatic heterocycles. The van der Waals surface area contributed by atoms with Gasteiger partial charge >= 0.3 is 5.97 Å². The molecular formula is C19H19ClN2O6S. The highest BCUT2D eigenvalue weighted by Crippen LogP contribution is 2.36. The molecule has 8 nitrogen and oxygen atoms in total. The van der Waals surface area contributed by atoms with Crippen LogP contribution in [0.4, 0.5) is 5.00 Å². The van der Waals surface area contributed by atoms with Crippen LogP contribution in [0, 0.1) is 0 Å². The topological polar surface area (TPSA) is 117 Å². The number of hydrogen-bond acceptors (Lipinski definition) is 7. The first kappa shape index (κ1) is 22.3. The summed E-state index contributed by atoms with van der Waals surface area (Å²) in [6.45, 7) is 1.71. The summed E-state index contributed by atoms with van der Waals surface area (Å²) < 4.78 is 15.6. The van der Waals surface area contributed by atoms with Gasteiger partial charge in [-0.1, -0.05) is 11.6 Å². The van der Waals surface area contributed by atoms with Crippen molar-refractivity contribution in [2.75, 3.05) is 25.6 Å². The van der Waals surface area contributed by atoms with Crippen LogP contribution >= 0.6 is 22.9 Å². The third-order valence-electron chi connectivity index (χ3n) is 3.48. The van der Waals surface area contributed by atoms with Gasteiger partial charge in [0.2, 0.25) is 0 Å². The zero-order valence-electron chi connectivity index (χ0n) is 15.7. The Morgan fingerprint density at radius 3 is 2.72 bits per heavy atom. The van der Waals surface area contributed by atoms with Gasteiger partial charge in [0.25, 0.3) is 11.8 Å². The van der Waals surface area contributed by atoms with Gasteiger partial charge in [0, 0.05) is 6.08 Å². The Morgan fingerprint density at radius 1 is 1.31 bits per heavy atom. The van der Waals surface area contributed by atoms with Crippen molar-refractivity contribution in [3.8, 4) is 11.5 Å². The number of nitrogens with two attached hydrogens (primary N) is 1. The molecule has 1 heterocycles. The van der Waals surface area contributed by atoms with E-state index in [1.165, 1.54) is 19.3 Å². The molecule has 0 spiro atoms. The zero-order valence-corrected chi connectivity index (χ0v) is 17.3. The lowest BCUT2D eigenvalue weighted by Crippen LogP contribution is -2.21. The first-order chi connectivity index (χ1) is 13.8. The van der Waals surface area contributed by atoms with Gasteiger partial charge < -0.3 is 25.3 Å². The Morgan fingerprint density at radius 2 is 2.07 bits per heavy atom. The van der Waals surface area contributed by atoms with Crippen LogP contribution < -0.4 is 20.5 Å². The molecule has 2 amide bonds. The third kappa shape index (κ3) is 6.23. The Kier molecular flexibility index (Phi) is 8.05. The second kappa shape index (κ2) is 10.5. The maximum atomic E-state index is 11.9. The molecule has 0 unspecified atom stereocenters. The van der Waals surface area contributed by atoms with Gasteiger partial charge in [-0.3, -0.25) is 9.59 Å². The van der Waals surface area contributed by atoms with Crippen molar-refractivity contribution in [3.05, 3.63) is 45.8 Å². The van der Waals surface area contributed by atoms with Crippen molar-refractivity contribution < 1.29 is 28.6 Å². The largest absolute Gasteiger partial charge is 0.491 e. The van der Waals surface area contributed by atoms with Gasteiger partial charge in [-0.25, -0.2) is 4.79 Å². The van der Waals surface area contributed by atoms with Gasteiger partial charge in [0.15, 0.2) is 18.1 Å². The minimum absolute atomic E-state index is 0.191. The number of methoxy groups -OCH3 is 1. The van der Waals surface area contributed by atoms with E-state index in [0.717, 1.165) is 17.4 Å². The maximum absolute atomic E-state index is 11.9. The standard InChI is InChI=1S/C19H19ClN2O6S/c1-3-27-14-9-11(8-13(20)17(14)26-2)4-5-16(24)28-10-15(23)22-19-12(18(21)25)6-7-29-19/h4-9H,3,10H2,1-2H3,(H2,21,25)(H,22,23). The fourth-order valence-corrected chi connectivity index (χ4v) is 3.36. The highest BCUT2D eigenvalue weighted by atomic mass is 35.5. The van der Waals surface area contributed by atoms with Crippen molar-refractivity contribution in [1.29, 1.82) is 0 Å². The van der Waals surface area contributed by atoms with Gasteiger partial charge in [0.1, 0.15) is 5.00 Å². The molecule has 29 heavy (non-hydrogen) atoms. The molecule has 1 aromatic heterocycles. The van der Waals surface area contributed by atoms with Gasteiger partial charge in [-0.15, -0.1) is 11.3 Å². The summed E-state index contributed by atoms with van der Waals surface area (Å²) in [5.74, 6) is -1.15. The first-order valence-electron chi connectivity index (χ1n) is 8.38. The zero-order chi connectivity index (χ0) is 21.4. The second-order valence-electron chi connectivity index (χ2n) is 5.48. The Labute approximate surface area is 176 Å². The number of halogens is 1. The molecular weight excluding hydrogens is 420 g/mol. The van der Waals surface area contributed by atoms with Crippen LogP contribution in [0.25, 0.3) is 6.08 Å². The molecule has 2 rings (SSSR count). The van der Waals surface area contributed by atoms with Crippen LogP contribution in [-0.4, -0.2) is 38.1 Å². The number of carbonyl (C=O) groups is 3. The highest BCUT2D eigenvalue weighted by Gasteiger charge is 2.14. The van der Waals surface area contributed by atoms with Crippen molar-refractivity contribution in [2.45, 2.75) is 6.92 Å². The summed E-state index contributed by atoms with van der Waals surface area (Å²) >= 11 is 7.29. The summed E-state index contributed by atoms with van der Waals surface area (Å²) in [5.41, 5.74) is 5.98. The van der Waals surface area contributed by atoms with Crippen molar-refractivity contribution >= 4 is 51.8 Å². The monoisotopic (exact) mass is 438 g/mol. The number of benzene rings is 1. The minimum atomic E-state index is -0.730. The number of amides is 2. The highest BCUT2D eigenvalue weighted by molar-refractivity contribution is 7.14. The fourth-order valence-electron chi connectivity index (χ4n) is 2.26. The number of rotatable bonds is 9. The molecule has 3 N–H and O–H groups in total. The van der Waals surface area contributed by atoms with Crippen LogP contribution in [0.3, 0.4) is 0 Å². The minimum Gasteiger partial charge on any atom is -0.491 e. The van der Waals surface area contributed by atoms with E-state index in [4.69, 9.17) is 31.5 Å². The van der Waals surface area contributed by atoms with E-state index >= 15 is 0 Å². The second-order valence-corrected chi connectivity index (χ2v) is 6.81. The lowest BCUT2D eigenvalue weighted by molar-refractivity contribution is -0.142. The van der Waals surface area contributed by atoms with E-state index in [-0.39, 0.29) is 5.56 Å². The molecule has 1 aromatic carbocycles. The average Bonchev–Trinajstić information content (AvgIpc) is 3.13. The van der Waals surface area contributed by atoms with Crippen molar-refractivity contribution in [3.63, 3.8) is 0 Å². The van der Waals surface area contributed by atoms with Gasteiger partial charge in [0.05, 0.1) is 24.3 Å². The number of primary amides is 1. The Hall–Kier alpha value is -3.04. The molecule has 0 aliphatic carbocycles. The summed E-state index contributed by atoms with van der Waals surface area (Å²) in [5, 5.41) is 4.71. The molecule has 10 heteroatoms. The number of ether oxygens (including phenoxy) is 3. The van der Waals surface area contributed by atoms with Crippen LogP contribution in [-0.2, 0) is 14.3 Å². The smallest absolute Gasteiger partial charge is 0.331 e. The normalized spacial score (nSPS) is 10.6. The van der Waals surface area contributed by atoms with Crippen LogP contribution in [0.2, 0.25) is 5.02 Å². The lowest BCUT2D eigenvalue weighted by Gasteiger charge is -2.11. The average molecular weight is 439 g/mol. The molecule has 2 aromatic rings. The number of esters is 1. The lowest BCUT2D eigenvalue weighted by atomic mass is 10.2. The number of anilines is 1. The Bertz CT molecular complexity index is 941. The Balaban J connectivity index is 1.95. The predicted octanol–water partition coefficient (Wildman–Crippen LogP) is 3.10. The predicted molar refractivity (Wildman–Crippen MR) is 111 cm³/mol. The van der Waals surface area contributed by atoms with Crippen LogP contribution in [0.5, 0.6) is 11.5 Å². The quantitative estimate of drug-likeness (QED) is 0.459. The van der Waals surface area contributed by atoms with E-state index in [2.05, 4.69) is 5.32 Å². The summed E-state index contributed by atoms with van der Waals surface area (Å²) in [7, 11) is 1.48. The molecule has 0 saturated carbocycles. The van der Waals surface area contributed by atoms with Crippen molar-refractivity contribution in [2.24, 2.45) is 5.73 Å². The SMILES string of the molecule is CCOc1cc(C=CC(=O)OCC(=O)Nc2sccc2C(N)=O)cc(Cl)c1OC. The molecule has 0 saturated heterocycles. The molecule has 0 bridgehead atoms. The van der Waals surface area contributed by atoms with Crippen LogP contribution in [0.1, 0.15) is 22.8 Å². The molecule has 0 aliphatic rings. The maximum Gasteiger partial charge on any atom is 0.331 e. The van der Waals surface area contributed by atoms with E-state index in [1.807, 2.05) is 6.92 Å². The first-order valence-corrected chi connectivity index (χ1v) is 9.63. The molecule has 154 valence electrons. The summed E-state index contributed by atoms with van der Waals surface area (Å²) in [4.78, 5) is 35.0. The fraction of sp³-hybridized carbons (Fsp3) is 0.211. The van der Waals surface area contributed by atoms with E-state index in [1.54, 1.807) is 17.5 Å². The van der Waals surface area contributed by atoms with Crippen molar-refractivity contribution in [1.82, 2.24) is 0 Å². The number of carbonyl (C=O) groups excluding carboxylic acids is 3.